The van der Waals surface area contributed by atoms with Gasteiger partial charge in [-0.25, -0.2) is 0 Å². The maximum absolute atomic E-state index is 12.4. The molecule has 2 amide bonds. The topological polar surface area (TPSA) is 102 Å². The molecule has 1 unspecified atom stereocenters. The zero-order chi connectivity index (χ0) is 14.5. The number of primary amides is 1. The van der Waals surface area contributed by atoms with Gasteiger partial charge < -0.3 is 16.4 Å². The van der Waals surface area contributed by atoms with Crippen LogP contribution in [0.3, 0.4) is 0 Å². The molecule has 1 aromatic heterocycles. The molecular formula is C14H16N4O2. The fourth-order valence-electron chi connectivity index (χ4n) is 2.25. The fourth-order valence-corrected chi connectivity index (χ4v) is 2.25. The maximum atomic E-state index is 12.4. The molecule has 0 aromatic carbocycles. The summed E-state index contributed by atoms with van der Waals surface area (Å²) in [4.78, 5) is 29.2. The molecule has 1 aliphatic heterocycles. The average Bonchev–Trinajstić information content (AvgIpc) is 2.94. The van der Waals surface area contributed by atoms with Crippen molar-refractivity contribution in [2.45, 2.75) is 18.9 Å². The first-order valence-corrected chi connectivity index (χ1v) is 6.37. The zero-order valence-corrected chi connectivity index (χ0v) is 11.0. The Bertz CT molecular complexity index is 588. The summed E-state index contributed by atoms with van der Waals surface area (Å²) in [6.45, 7) is 0.777. The number of hydrogen-bond donors (Lipinski definition) is 2. The number of carbonyl (C=O) groups is 2. The van der Waals surface area contributed by atoms with Gasteiger partial charge in [-0.05, 0) is 18.9 Å². The van der Waals surface area contributed by atoms with Crippen LogP contribution in [0.15, 0.2) is 18.5 Å². The average molecular weight is 272 g/mol. The molecule has 2 rings (SSSR count). The quantitative estimate of drug-likeness (QED) is 0.707. The summed E-state index contributed by atoms with van der Waals surface area (Å²) < 4.78 is 0. The number of likely N-dealkylation sites (tertiary alicyclic amines) is 1. The Morgan fingerprint density at radius 1 is 1.45 bits per heavy atom. The third-order valence-electron chi connectivity index (χ3n) is 3.16. The number of aromatic nitrogens is 1. The third kappa shape index (κ3) is 2.95. The Hall–Kier alpha value is -2.39. The lowest BCUT2D eigenvalue weighted by atomic mass is 10.1. The minimum Gasteiger partial charge on any atom is -0.368 e. The Balaban J connectivity index is 2.22. The van der Waals surface area contributed by atoms with E-state index in [0.717, 1.165) is 6.42 Å². The highest BCUT2D eigenvalue weighted by Crippen LogP contribution is 2.19. The molecule has 1 atom stereocenters. The van der Waals surface area contributed by atoms with Crippen LogP contribution in [0.1, 0.15) is 28.8 Å². The zero-order valence-electron chi connectivity index (χ0n) is 11.0. The van der Waals surface area contributed by atoms with Crippen molar-refractivity contribution in [2.24, 2.45) is 11.5 Å². The van der Waals surface area contributed by atoms with Gasteiger partial charge in [-0.3, -0.25) is 14.6 Å². The molecule has 20 heavy (non-hydrogen) atoms. The predicted molar refractivity (Wildman–Crippen MR) is 73.4 cm³/mol. The number of pyridine rings is 1. The summed E-state index contributed by atoms with van der Waals surface area (Å²) in [5, 5.41) is 0. The molecule has 6 nitrogen and oxygen atoms in total. The van der Waals surface area contributed by atoms with E-state index in [1.54, 1.807) is 12.3 Å². The van der Waals surface area contributed by atoms with Gasteiger partial charge in [0.15, 0.2) is 0 Å². The Labute approximate surface area is 117 Å². The molecule has 6 heteroatoms. The minimum atomic E-state index is -0.527. The van der Waals surface area contributed by atoms with Crippen molar-refractivity contribution in [1.82, 2.24) is 9.88 Å². The van der Waals surface area contributed by atoms with Crippen molar-refractivity contribution in [1.29, 1.82) is 0 Å². The number of amides is 2. The van der Waals surface area contributed by atoms with Gasteiger partial charge >= 0.3 is 0 Å². The summed E-state index contributed by atoms with van der Waals surface area (Å²) in [6, 6.07) is 1.12. The van der Waals surface area contributed by atoms with Gasteiger partial charge in [-0.2, -0.15) is 0 Å². The monoisotopic (exact) mass is 272 g/mol. The van der Waals surface area contributed by atoms with E-state index in [0.29, 0.717) is 24.1 Å². The van der Waals surface area contributed by atoms with E-state index < -0.39 is 11.9 Å². The molecule has 0 aliphatic carbocycles. The molecule has 0 spiro atoms. The first-order valence-electron chi connectivity index (χ1n) is 6.37. The Morgan fingerprint density at radius 2 is 2.25 bits per heavy atom. The van der Waals surface area contributed by atoms with Crippen molar-refractivity contribution >= 4 is 11.8 Å². The minimum absolute atomic E-state index is 0.241. The molecule has 1 saturated heterocycles. The molecule has 4 N–H and O–H groups in total. The van der Waals surface area contributed by atoms with Gasteiger partial charge in [0.05, 0.1) is 12.1 Å². The van der Waals surface area contributed by atoms with Crippen molar-refractivity contribution in [3.63, 3.8) is 0 Å². The predicted octanol–water partition coefficient (Wildman–Crippen LogP) is -0.518. The van der Waals surface area contributed by atoms with E-state index in [4.69, 9.17) is 11.5 Å². The van der Waals surface area contributed by atoms with Crippen LogP contribution in [0.4, 0.5) is 0 Å². The first-order chi connectivity index (χ1) is 9.63. The van der Waals surface area contributed by atoms with Gasteiger partial charge in [0.2, 0.25) is 5.91 Å². The summed E-state index contributed by atoms with van der Waals surface area (Å²) in [6.07, 6.45) is 4.42. The van der Waals surface area contributed by atoms with E-state index in [1.807, 2.05) is 0 Å². The second-order valence-electron chi connectivity index (χ2n) is 4.53. The van der Waals surface area contributed by atoms with E-state index in [1.165, 1.54) is 11.1 Å². The lowest BCUT2D eigenvalue weighted by Crippen LogP contribution is -2.43. The molecule has 1 fully saturated rings. The van der Waals surface area contributed by atoms with Crippen molar-refractivity contribution < 1.29 is 9.59 Å². The number of hydrogen-bond acceptors (Lipinski definition) is 4. The van der Waals surface area contributed by atoms with Crippen LogP contribution in [0, 0.1) is 11.8 Å². The smallest absolute Gasteiger partial charge is 0.256 e. The molecule has 0 saturated carbocycles. The number of carbonyl (C=O) groups excluding carboxylic acids is 2. The van der Waals surface area contributed by atoms with Gasteiger partial charge in [0.1, 0.15) is 6.04 Å². The first kappa shape index (κ1) is 14.0. The lowest BCUT2D eigenvalue weighted by Gasteiger charge is -2.22. The van der Waals surface area contributed by atoms with Crippen LogP contribution < -0.4 is 11.5 Å². The molecule has 0 bridgehead atoms. The summed E-state index contributed by atoms with van der Waals surface area (Å²) in [5.74, 6) is 4.82. The van der Waals surface area contributed by atoms with Crippen LogP contribution in [-0.2, 0) is 4.79 Å². The van der Waals surface area contributed by atoms with Crippen LogP contribution in [0.25, 0.3) is 0 Å². The van der Waals surface area contributed by atoms with Gasteiger partial charge in [0.25, 0.3) is 5.91 Å². The maximum Gasteiger partial charge on any atom is 0.256 e. The highest BCUT2D eigenvalue weighted by molar-refractivity contribution is 5.97. The Kier molecular flexibility index (Phi) is 4.33. The molecule has 1 aliphatic rings. The summed E-state index contributed by atoms with van der Waals surface area (Å²) in [7, 11) is 0. The molecule has 0 radical (unpaired) electrons. The van der Waals surface area contributed by atoms with Gasteiger partial charge in [0, 0.05) is 24.5 Å². The molecule has 2 heterocycles. The SMILES string of the molecule is NCC#Cc1cncc(C(=O)N2CCCC2C(N)=O)c1. The summed E-state index contributed by atoms with van der Waals surface area (Å²) >= 11 is 0. The standard InChI is InChI=1S/C14H16N4O2/c15-5-1-3-10-7-11(9-17-8-10)14(20)18-6-2-4-12(18)13(16)19/h7-9,12H,2,4-6,15H2,(H2,16,19). The van der Waals surface area contributed by atoms with Crippen LogP contribution in [0.5, 0.6) is 0 Å². The largest absolute Gasteiger partial charge is 0.368 e. The van der Waals surface area contributed by atoms with Crippen molar-refractivity contribution in [3.8, 4) is 11.8 Å². The normalized spacial score (nSPS) is 17.4. The fraction of sp³-hybridized carbons (Fsp3) is 0.357. The lowest BCUT2D eigenvalue weighted by molar-refractivity contribution is -0.121. The van der Waals surface area contributed by atoms with Crippen LogP contribution >= 0.6 is 0 Å². The molecule has 104 valence electrons. The van der Waals surface area contributed by atoms with E-state index in [9.17, 15) is 9.59 Å². The van der Waals surface area contributed by atoms with Crippen LogP contribution in [-0.4, -0.2) is 40.8 Å². The van der Waals surface area contributed by atoms with Crippen LogP contribution in [0.2, 0.25) is 0 Å². The van der Waals surface area contributed by atoms with E-state index in [2.05, 4.69) is 16.8 Å². The number of rotatable bonds is 2. The summed E-state index contributed by atoms with van der Waals surface area (Å²) in [5.41, 5.74) is 11.6. The van der Waals surface area contributed by atoms with E-state index >= 15 is 0 Å². The van der Waals surface area contributed by atoms with Crippen molar-refractivity contribution in [2.75, 3.05) is 13.1 Å². The molecular weight excluding hydrogens is 256 g/mol. The van der Waals surface area contributed by atoms with Gasteiger partial charge in [-0.15, -0.1) is 0 Å². The van der Waals surface area contributed by atoms with E-state index in [-0.39, 0.29) is 12.5 Å². The van der Waals surface area contributed by atoms with Gasteiger partial charge in [-0.1, -0.05) is 11.8 Å². The third-order valence-corrected chi connectivity index (χ3v) is 3.16. The number of nitrogens with zero attached hydrogens (tertiary/aromatic N) is 2. The second-order valence-corrected chi connectivity index (χ2v) is 4.53. The highest BCUT2D eigenvalue weighted by Gasteiger charge is 2.33. The Morgan fingerprint density at radius 3 is 2.95 bits per heavy atom. The number of nitrogens with two attached hydrogens (primary N) is 2. The second kappa shape index (κ2) is 6.17. The molecule has 1 aromatic rings. The van der Waals surface area contributed by atoms with Crippen molar-refractivity contribution in [3.05, 3.63) is 29.6 Å². The highest BCUT2D eigenvalue weighted by atomic mass is 16.2.